The van der Waals surface area contributed by atoms with Crippen molar-refractivity contribution in [2.45, 2.75) is 56.7 Å². The standard InChI is InChI=1S/C13H22N2O4/c1-14(9-5-2-3-7-11(9)16)13(19)15-8-4-6-10(15)12(17)18/h9-11,16H,2-8H2,1H3,(H,17,18)/t9?,10-,11?/m1/s1. The second-order valence-electron chi connectivity index (χ2n) is 5.50. The third-order valence-corrected chi connectivity index (χ3v) is 4.28. The van der Waals surface area contributed by atoms with Crippen LogP contribution in [0.5, 0.6) is 0 Å². The van der Waals surface area contributed by atoms with E-state index in [0.717, 1.165) is 25.7 Å². The fraction of sp³-hybridized carbons (Fsp3) is 0.846. The molecule has 108 valence electrons. The minimum Gasteiger partial charge on any atom is -0.480 e. The van der Waals surface area contributed by atoms with Crippen LogP contribution in [0.25, 0.3) is 0 Å². The molecule has 0 radical (unpaired) electrons. The number of likely N-dealkylation sites (tertiary alicyclic amines) is 1. The topological polar surface area (TPSA) is 81.1 Å². The molecule has 2 unspecified atom stereocenters. The van der Waals surface area contributed by atoms with Crippen molar-refractivity contribution in [3.63, 3.8) is 0 Å². The molecule has 2 amide bonds. The minimum absolute atomic E-state index is 0.184. The molecule has 0 spiro atoms. The maximum Gasteiger partial charge on any atom is 0.326 e. The summed E-state index contributed by atoms with van der Waals surface area (Å²) in [7, 11) is 1.67. The third kappa shape index (κ3) is 2.83. The quantitative estimate of drug-likeness (QED) is 0.781. The van der Waals surface area contributed by atoms with Crippen LogP contribution in [0.15, 0.2) is 0 Å². The van der Waals surface area contributed by atoms with Gasteiger partial charge >= 0.3 is 12.0 Å². The van der Waals surface area contributed by atoms with E-state index < -0.39 is 18.1 Å². The number of nitrogens with zero attached hydrogens (tertiary/aromatic N) is 2. The molecule has 1 aliphatic heterocycles. The van der Waals surface area contributed by atoms with E-state index in [0.29, 0.717) is 19.4 Å². The van der Waals surface area contributed by atoms with Crippen LogP contribution in [0.3, 0.4) is 0 Å². The average molecular weight is 270 g/mol. The second-order valence-corrected chi connectivity index (χ2v) is 5.50. The number of carbonyl (C=O) groups is 2. The van der Waals surface area contributed by atoms with Gasteiger partial charge in [-0.15, -0.1) is 0 Å². The fourth-order valence-electron chi connectivity index (χ4n) is 3.14. The third-order valence-electron chi connectivity index (χ3n) is 4.28. The van der Waals surface area contributed by atoms with Crippen molar-refractivity contribution >= 4 is 12.0 Å². The van der Waals surface area contributed by atoms with Gasteiger partial charge in [-0.1, -0.05) is 12.8 Å². The molecule has 0 bridgehead atoms. The monoisotopic (exact) mass is 270 g/mol. The number of carbonyl (C=O) groups excluding carboxylic acids is 1. The molecular weight excluding hydrogens is 248 g/mol. The van der Waals surface area contributed by atoms with E-state index in [-0.39, 0.29) is 12.1 Å². The Balaban J connectivity index is 2.03. The number of rotatable bonds is 2. The van der Waals surface area contributed by atoms with Crippen molar-refractivity contribution in [1.82, 2.24) is 9.80 Å². The number of hydrogen-bond donors (Lipinski definition) is 2. The summed E-state index contributed by atoms with van der Waals surface area (Å²) < 4.78 is 0. The van der Waals surface area contributed by atoms with Crippen molar-refractivity contribution in [2.75, 3.05) is 13.6 Å². The lowest BCUT2D eigenvalue weighted by Gasteiger charge is -2.37. The minimum atomic E-state index is -0.941. The first-order chi connectivity index (χ1) is 9.02. The maximum atomic E-state index is 12.4. The van der Waals surface area contributed by atoms with E-state index >= 15 is 0 Å². The Morgan fingerprint density at radius 2 is 1.84 bits per heavy atom. The van der Waals surface area contributed by atoms with E-state index in [1.807, 2.05) is 0 Å². The van der Waals surface area contributed by atoms with Gasteiger partial charge in [0.15, 0.2) is 0 Å². The van der Waals surface area contributed by atoms with Crippen molar-refractivity contribution < 1.29 is 19.8 Å². The zero-order valence-electron chi connectivity index (χ0n) is 11.3. The Labute approximate surface area is 113 Å². The molecule has 19 heavy (non-hydrogen) atoms. The molecule has 3 atom stereocenters. The van der Waals surface area contributed by atoms with E-state index in [1.54, 1.807) is 7.05 Å². The molecule has 6 heteroatoms. The van der Waals surface area contributed by atoms with Crippen molar-refractivity contribution in [2.24, 2.45) is 0 Å². The lowest BCUT2D eigenvalue weighted by molar-refractivity contribution is -0.141. The zero-order valence-corrected chi connectivity index (χ0v) is 11.3. The molecule has 6 nitrogen and oxygen atoms in total. The number of amides is 2. The van der Waals surface area contributed by atoms with Gasteiger partial charge in [0.05, 0.1) is 12.1 Å². The number of aliphatic hydroxyl groups excluding tert-OH is 1. The highest BCUT2D eigenvalue weighted by Gasteiger charge is 2.38. The van der Waals surface area contributed by atoms with E-state index in [4.69, 9.17) is 5.11 Å². The maximum absolute atomic E-state index is 12.4. The molecule has 0 aromatic rings. The number of hydrogen-bond acceptors (Lipinski definition) is 3. The van der Waals surface area contributed by atoms with Gasteiger partial charge in [0.1, 0.15) is 6.04 Å². The highest BCUT2D eigenvalue weighted by Crippen LogP contribution is 2.25. The summed E-state index contributed by atoms with van der Waals surface area (Å²) in [6.07, 6.45) is 4.24. The summed E-state index contributed by atoms with van der Waals surface area (Å²) in [6.45, 7) is 0.489. The largest absolute Gasteiger partial charge is 0.480 e. The van der Waals surface area contributed by atoms with Crippen LogP contribution in [0.4, 0.5) is 4.79 Å². The summed E-state index contributed by atoms with van der Waals surface area (Å²) in [6, 6.07) is -1.16. The van der Waals surface area contributed by atoms with Crippen molar-refractivity contribution in [3.8, 4) is 0 Å². The highest BCUT2D eigenvalue weighted by molar-refractivity contribution is 5.83. The molecule has 2 fully saturated rings. The Bertz CT molecular complexity index is 361. The van der Waals surface area contributed by atoms with E-state index in [2.05, 4.69) is 0 Å². The Hall–Kier alpha value is -1.30. The number of aliphatic hydroxyl groups is 1. The SMILES string of the molecule is CN(C(=O)N1CCC[C@@H]1C(=O)O)C1CCCCC1O. The van der Waals surface area contributed by atoms with Crippen LogP contribution < -0.4 is 0 Å². The lowest BCUT2D eigenvalue weighted by atomic mass is 9.92. The first-order valence-corrected chi connectivity index (χ1v) is 6.96. The van der Waals surface area contributed by atoms with Crippen molar-refractivity contribution in [3.05, 3.63) is 0 Å². The average Bonchev–Trinajstić information content (AvgIpc) is 2.87. The molecule has 2 rings (SSSR count). The normalized spacial score (nSPS) is 31.3. The molecule has 0 aromatic carbocycles. The molecule has 0 aromatic heterocycles. The smallest absolute Gasteiger partial charge is 0.326 e. The van der Waals surface area contributed by atoms with Gasteiger partial charge < -0.3 is 20.0 Å². The van der Waals surface area contributed by atoms with Gasteiger partial charge in [-0.3, -0.25) is 0 Å². The van der Waals surface area contributed by atoms with Crippen molar-refractivity contribution in [1.29, 1.82) is 0 Å². The first-order valence-electron chi connectivity index (χ1n) is 6.96. The van der Waals surface area contributed by atoms with Gasteiger partial charge in [0, 0.05) is 13.6 Å². The number of aliphatic carboxylic acids is 1. The molecule has 1 aliphatic carbocycles. The van der Waals surface area contributed by atoms with Crippen LogP contribution in [-0.2, 0) is 4.79 Å². The van der Waals surface area contributed by atoms with Gasteiger partial charge in [0.25, 0.3) is 0 Å². The molecule has 1 heterocycles. The summed E-state index contributed by atoms with van der Waals surface area (Å²) in [4.78, 5) is 26.5. The summed E-state index contributed by atoms with van der Waals surface area (Å²) in [5.74, 6) is -0.941. The van der Waals surface area contributed by atoms with Gasteiger partial charge in [-0.2, -0.15) is 0 Å². The van der Waals surface area contributed by atoms with Crippen LogP contribution in [0.2, 0.25) is 0 Å². The Kier molecular flexibility index (Phi) is 4.29. The summed E-state index contributed by atoms with van der Waals surface area (Å²) in [5.41, 5.74) is 0. The molecule has 1 saturated heterocycles. The summed E-state index contributed by atoms with van der Waals surface area (Å²) in [5, 5.41) is 19.1. The molecule has 2 aliphatic rings. The Morgan fingerprint density at radius 1 is 1.16 bits per heavy atom. The zero-order chi connectivity index (χ0) is 14.0. The number of carboxylic acid groups (broad SMARTS) is 1. The molecule has 1 saturated carbocycles. The van der Waals surface area contributed by atoms with Crippen LogP contribution in [0.1, 0.15) is 38.5 Å². The highest BCUT2D eigenvalue weighted by atomic mass is 16.4. The number of carboxylic acids is 1. The molecule has 2 N–H and O–H groups in total. The van der Waals surface area contributed by atoms with Crippen LogP contribution >= 0.6 is 0 Å². The summed E-state index contributed by atoms with van der Waals surface area (Å²) >= 11 is 0. The van der Waals surface area contributed by atoms with Gasteiger partial charge in [0.2, 0.25) is 0 Å². The van der Waals surface area contributed by atoms with Gasteiger partial charge in [-0.25, -0.2) is 9.59 Å². The van der Waals surface area contributed by atoms with Crippen LogP contribution in [-0.4, -0.2) is 63.8 Å². The predicted octanol–water partition coefficient (Wildman–Crippen LogP) is 0.891. The van der Waals surface area contributed by atoms with Gasteiger partial charge in [-0.05, 0) is 25.7 Å². The number of likely N-dealkylation sites (N-methyl/N-ethyl adjacent to an activating group) is 1. The van der Waals surface area contributed by atoms with E-state index in [9.17, 15) is 14.7 Å². The second kappa shape index (κ2) is 5.77. The molecular formula is C13H22N2O4. The number of urea groups is 1. The first kappa shape index (κ1) is 14.1. The lowest BCUT2D eigenvalue weighted by Crippen LogP contribution is -2.53. The fourth-order valence-corrected chi connectivity index (χ4v) is 3.14. The predicted molar refractivity (Wildman–Crippen MR) is 68.8 cm³/mol. The Morgan fingerprint density at radius 3 is 2.47 bits per heavy atom. The van der Waals surface area contributed by atoms with Crippen LogP contribution in [0, 0.1) is 0 Å². The van der Waals surface area contributed by atoms with E-state index in [1.165, 1.54) is 9.80 Å².